The SMILES string of the molecule is O=C(NCCCn1c(-c2ccc(N3CCOCC3)cc2)csc1=Nc1ccc(F)cc1)c1ccccc1. The van der Waals surface area contributed by atoms with Crippen molar-refractivity contribution in [3.8, 4) is 11.3 Å². The number of halogens is 1. The molecule has 37 heavy (non-hydrogen) atoms. The summed E-state index contributed by atoms with van der Waals surface area (Å²) in [5.74, 6) is -0.362. The molecule has 3 aromatic carbocycles. The number of amides is 1. The van der Waals surface area contributed by atoms with Crippen molar-refractivity contribution in [2.75, 3.05) is 37.7 Å². The maximum atomic E-state index is 13.4. The lowest BCUT2D eigenvalue weighted by Crippen LogP contribution is -2.36. The second-order valence-corrected chi connectivity index (χ2v) is 9.60. The van der Waals surface area contributed by atoms with Gasteiger partial charge in [0, 0.05) is 42.8 Å². The summed E-state index contributed by atoms with van der Waals surface area (Å²) < 4.78 is 21.0. The van der Waals surface area contributed by atoms with Crippen LogP contribution in [0, 0.1) is 5.82 Å². The second-order valence-electron chi connectivity index (χ2n) is 8.77. The van der Waals surface area contributed by atoms with Crippen molar-refractivity contribution < 1.29 is 13.9 Å². The van der Waals surface area contributed by atoms with E-state index in [1.807, 2.05) is 18.2 Å². The third-order valence-corrected chi connectivity index (χ3v) is 7.13. The average molecular weight is 517 g/mol. The third kappa shape index (κ3) is 6.34. The van der Waals surface area contributed by atoms with Gasteiger partial charge in [0.05, 0.1) is 24.6 Å². The van der Waals surface area contributed by atoms with E-state index in [0.29, 0.717) is 24.3 Å². The van der Waals surface area contributed by atoms with Crippen LogP contribution in [-0.2, 0) is 11.3 Å². The molecule has 2 heterocycles. The number of nitrogens with zero attached hydrogens (tertiary/aromatic N) is 3. The summed E-state index contributed by atoms with van der Waals surface area (Å²) in [6.45, 7) is 4.52. The molecule has 1 N–H and O–H groups in total. The first-order valence-electron chi connectivity index (χ1n) is 12.4. The summed E-state index contributed by atoms with van der Waals surface area (Å²) in [7, 11) is 0. The molecule has 1 aliphatic heterocycles. The Hall–Kier alpha value is -3.75. The van der Waals surface area contributed by atoms with Crippen LogP contribution in [0.5, 0.6) is 0 Å². The summed E-state index contributed by atoms with van der Waals surface area (Å²) in [4.78, 5) is 20.4. The number of thiazole rings is 1. The van der Waals surface area contributed by atoms with E-state index < -0.39 is 0 Å². The van der Waals surface area contributed by atoms with Crippen molar-refractivity contribution >= 4 is 28.6 Å². The fourth-order valence-corrected chi connectivity index (χ4v) is 5.24. The quantitative estimate of drug-likeness (QED) is 0.326. The monoisotopic (exact) mass is 516 g/mol. The van der Waals surface area contributed by atoms with Crippen LogP contribution < -0.4 is 15.0 Å². The molecule has 0 bridgehead atoms. The van der Waals surface area contributed by atoms with Gasteiger partial charge in [-0.25, -0.2) is 9.38 Å². The largest absolute Gasteiger partial charge is 0.378 e. The number of ether oxygens (including phenoxy) is 1. The van der Waals surface area contributed by atoms with Gasteiger partial charge in [-0.3, -0.25) is 4.79 Å². The zero-order chi connectivity index (χ0) is 25.5. The Bertz CT molecular complexity index is 1380. The minimum atomic E-state index is -0.284. The van der Waals surface area contributed by atoms with Gasteiger partial charge in [-0.2, -0.15) is 0 Å². The first-order valence-corrected chi connectivity index (χ1v) is 13.3. The van der Waals surface area contributed by atoms with E-state index in [1.54, 1.807) is 35.6 Å². The first kappa shape index (κ1) is 24.9. The average Bonchev–Trinajstić information content (AvgIpc) is 3.35. The lowest BCUT2D eigenvalue weighted by molar-refractivity contribution is 0.0952. The molecule has 0 radical (unpaired) electrons. The number of morpholine rings is 1. The van der Waals surface area contributed by atoms with Crippen LogP contribution in [0.3, 0.4) is 0 Å². The molecule has 0 unspecified atom stereocenters. The summed E-state index contributed by atoms with van der Waals surface area (Å²) in [6, 6.07) is 24.0. The Balaban J connectivity index is 1.36. The van der Waals surface area contributed by atoms with Crippen molar-refractivity contribution in [1.29, 1.82) is 0 Å². The van der Waals surface area contributed by atoms with Crippen LogP contribution in [-0.4, -0.2) is 43.3 Å². The lowest BCUT2D eigenvalue weighted by atomic mass is 10.1. The van der Waals surface area contributed by atoms with Crippen molar-refractivity contribution in [3.63, 3.8) is 0 Å². The molecule has 1 aromatic heterocycles. The second kappa shape index (κ2) is 12.0. The highest BCUT2D eigenvalue weighted by Crippen LogP contribution is 2.25. The van der Waals surface area contributed by atoms with Crippen LogP contribution in [0.4, 0.5) is 15.8 Å². The van der Waals surface area contributed by atoms with Gasteiger partial charge in [0.2, 0.25) is 0 Å². The molecule has 0 spiro atoms. The number of rotatable bonds is 8. The molecule has 8 heteroatoms. The fraction of sp³-hybridized carbons (Fsp3) is 0.241. The summed E-state index contributed by atoms with van der Waals surface area (Å²) in [5, 5.41) is 5.11. The Labute approximate surface area is 219 Å². The Morgan fingerprint density at radius 3 is 2.43 bits per heavy atom. The number of aromatic nitrogens is 1. The molecular formula is C29H29FN4O2S. The maximum absolute atomic E-state index is 13.4. The molecule has 1 saturated heterocycles. The number of benzene rings is 3. The van der Waals surface area contributed by atoms with Crippen molar-refractivity contribution in [1.82, 2.24) is 9.88 Å². The molecule has 190 valence electrons. The van der Waals surface area contributed by atoms with Gasteiger partial charge in [-0.15, -0.1) is 11.3 Å². The number of nitrogens with one attached hydrogen (secondary N) is 1. The zero-order valence-corrected chi connectivity index (χ0v) is 21.3. The zero-order valence-electron chi connectivity index (χ0n) is 20.5. The minimum absolute atomic E-state index is 0.0777. The van der Waals surface area contributed by atoms with Gasteiger partial charge < -0.3 is 19.5 Å². The van der Waals surface area contributed by atoms with Gasteiger partial charge >= 0.3 is 0 Å². The van der Waals surface area contributed by atoms with Crippen molar-refractivity contribution in [3.05, 3.63) is 100 Å². The van der Waals surface area contributed by atoms with E-state index in [0.717, 1.165) is 48.8 Å². The van der Waals surface area contributed by atoms with Crippen LogP contribution in [0.2, 0.25) is 0 Å². The molecule has 0 saturated carbocycles. The smallest absolute Gasteiger partial charge is 0.251 e. The Kier molecular flexibility index (Phi) is 8.08. The highest BCUT2D eigenvalue weighted by atomic mass is 32.1. The van der Waals surface area contributed by atoms with Crippen LogP contribution in [0.1, 0.15) is 16.8 Å². The summed E-state index contributed by atoms with van der Waals surface area (Å²) in [5.41, 5.74) is 4.70. The predicted molar refractivity (Wildman–Crippen MR) is 146 cm³/mol. The molecule has 0 atom stereocenters. The number of hydrogen-bond donors (Lipinski definition) is 1. The molecule has 0 aliphatic carbocycles. The highest BCUT2D eigenvalue weighted by Gasteiger charge is 2.13. The normalized spacial score (nSPS) is 14.1. The van der Waals surface area contributed by atoms with Gasteiger partial charge in [-0.05, 0) is 60.5 Å². The molecular weight excluding hydrogens is 487 g/mol. The topological polar surface area (TPSA) is 58.9 Å². The highest BCUT2D eigenvalue weighted by molar-refractivity contribution is 7.07. The van der Waals surface area contributed by atoms with E-state index in [4.69, 9.17) is 9.73 Å². The van der Waals surface area contributed by atoms with E-state index in [2.05, 4.69) is 44.4 Å². The maximum Gasteiger partial charge on any atom is 0.251 e. The third-order valence-electron chi connectivity index (χ3n) is 6.27. The number of hydrogen-bond acceptors (Lipinski definition) is 5. The van der Waals surface area contributed by atoms with Crippen molar-refractivity contribution in [2.24, 2.45) is 4.99 Å². The van der Waals surface area contributed by atoms with E-state index in [-0.39, 0.29) is 11.7 Å². The van der Waals surface area contributed by atoms with Gasteiger partial charge in [0.15, 0.2) is 4.80 Å². The number of carbonyl (C=O) groups excluding carboxylic acids is 1. The van der Waals surface area contributed by atoms with Crippen LogP contribution >= 0.6 is 11.3 Å². The molecule has 4 aromatic rings. The summed E-state index contributed by atoms with van der Waals surface area (Å²) in [6.07, 6.45) is 0.741. The summed E-state index contributed by atoms with van der Waals surface area (Å²) >= 11 is 1.55. The molecule has 1 aliphatic rings. The first-order chi connectivity index (χ1) is 18.2. The van der Waals surface area contributed by atoms with Crippen LogP contribution in [0.15, 0.2) is 89.2 Å². The molecule has 1 amide bonds. The number of carbonyl (C=O) groups is 1. The van der Waals surface area contributed by atoms with Gasteiger partial charge in [0.25, 0.3) is 5.91 Å². The standard InChI is InChI=1S/C29H29FN4O2S/c30-24-9-11-25(12-10-24)32-29-34(16-4-15-31-28(35)23-5-2-1-3-6-23)27(21-37-29)22-7-13-26(14-8-22)33-17-19-36-20-18-33/h1-3,5-14,21H,4,15-20H2,(H,31,35). The van der Waals surface area contributed by atoms with Gasteiger partial charge in [-0.1, -0.05) is 30.3 Å². The molecule has 1 fully saturated rings. The van der Waals surface area contributed by atoms with Crippen LogP contribution in [0.25, 0.3) is 11.3 Å². The Morgan fingerprint density at radius 2 is 1.70 bits per heavy atom. The van der Waals surface area contributed by atoms with Gasteiger partial charge in [0.1, 0.15) is 5.82 Å². The molecule has 5 rings (SSSR count). The number of anilines is 1. The van der Waals surface area contributed by atoms with E-state index in [1.165, 1.54) is 17.8 Å². The van der Waals surface area contributed by atoms with E-state index >= 15 is 0 Å². The predicted octanol–water partition coefficient (Wildman–Crippen LogP) is 5.24. The minimum Gasteiger partial charge on any atom is -0.378 e. The van der Waals surface area contributed by atoms with E-state index in [9.17, 15) is 9.18 Å². The van der Waals surface area contributed by atoms with Crippen molar-refractivity contribution in [2.45, 2.75) is 13.0 Å². The molecule has 6 nitrogen and oxygen atoms in total. The Morgan fingerprint density at radius 1 is 0.973 bits per heavy atom. The fourth-order valence-electron chi connectivity index (χ4n) is 4.29. The lowest BCUT2D eigenvalue weighted by Gasteiger charge is -2.28.